The van der Waals surface area contributed by atoms with Crippen molar-refractivity contribution in [2.75, 3.05) is 0 Å². The lowest BCUT2D eigenvalue weighted by molar-refractivity contribution is 0.0915. The molecule has 0 aromatic carbocycles. The van der Waals surface area contributed by atoms with Gasteiger partial charge in [-0.3, -0.25) is 4.79 Å². The van der Waals surface area contributed by atoms with E-state index in [4.69, 9.17) is 0 Å². The largest absolute Gasteiger partial charge is 0.340 e. The number of thiazole rings is 1. The van der Waals surface area contributed by atoms with Gasteiger partial charge in [0.1, 0.15) is 5.01 Å². The fourth-order valence-corrected chi connectivity index (χ4v) is 3.62. The molecule has 2 aromatic rings. The van der Waals surface area contributed by atoms with Gasteiger partial charge in [-0.2, -0.15) is 0 Å². The van der Waals surface area contributed by atoms with Crippen LogP contribution in [0.1, 0.15) is 46.7 Å². The Morgan fingerprint density at radius 1 is 1.42 bits per heavy atom. The topological polar surface area (TPSA) is 42.0 Å². The van der Waals surface area contributed by atoms with Crippen molar-refractivity contribution in [2.24, 2.45) is 0 Å². The third kappa shape index (κ3) is 3.04. The maximum Gasteiger partial charge on any atom is 0.262 e. The number of rotatable bonds is 4. The second-order valence-corrected chi connectivity index (χ2v) is 6.78. The van der Waals surface area contributed by atoms with E-state index >= 15 is 0 Å². The average molecular weight is 294 g/mol. The lowest BCUT2D eigenvalue weighted by Crippen LogP contribution is -2.40. The van der Waals surface area contributed by atoms with Gasteiger partial charge in [0, 0.05) is 11.1 Å². The minimum atomic E-state index is -0.439. The van der Waals surface area contributed by atoms with Gasteiger partial charge in [-0.25, -0.2) is 4.98 Å². The molecule has 0 bridgehead atoms. The summed E-state index contributed by atoms with van der Waals surface area (Å²) >= 11 is 3.08. The summed E-state index contributed by atoms with van der Waals surface area (Å²) < 4.78 is 0. The number of nitrogens with one attached hydrogen (secondary N) is 1. The van der Waals surface area contributed by atoms with Crippen molar-refractivity contribution in [2.45, 2.75) is 39.7 Å². The highest BCUT2D eigenvalue weighted by Gasteiger charge is 2.27. The van der Waals surface area contributed by atoms with E-state index in [1.807, 2.05) is 37.6 Å². The lowest BCUT2D eigenvalue weighted by atomic mass is 10.1. The van der Waals surface area contributed by atoms with E-state index in [1.165, 1.54) is 11.3 Å². The summed E-state index contributed by atoms with van der Waals surface area (Å²) in [6.45, 7) is 8.01. The number of amides is 1. The zero-order chi connectivity index (χ0) is 14.0. The van der Waals surface area contributed by atoms with Gasteiger partial charge < -0.3 is 5.32 Å². The first-order valence-electron chi connectivity index (χ1n) is 6.25. The van der Waals surface area contributed by atoms with Gasteiger partial charge in [0.25, 0.3) is 5.91 Å². The van der Waals surface area contributed by atoms with Crippen molar-refractivity contribution >= 4 is 28.6 Å². The van der Waals surface area contributed by atoms with Crippen molar-refractivity contribution in [3.8, 4) is 0 Å². The van der Waals surface area contributed by atoms with Crippen LogP contribution in [0.15, 0.2) is 16.8 Å². The molecule has 1 amide bonds. The highest BCUT2D eigenvalue weighted by atomic mass is 32.1. The smallest absolute Gasteiger partial charge is 0.262 e. The molecule has 0 radical (unpaired) electrons. The summed E-state index contributed by atoms with van der Waals surface area (Å²) in [6, 6.07) is 2.01. The fourth-order valence-electron chi connectivity index (χ4n) is 1.85. The SMILES string of the molecule is CCc1ccsc1C(=O)NC(C)(C)c1nc(C)cs1. The normalized spacial score (nSPS) is 11.6. The number of carbonyl (C=O) groups is 1. The number of nitrogens with zero attached hydrogens (tertiary/aromatic N) is 1. The van der Waals surface area contributed by atoms with Gasteiger partial charge in [-0.15, -0.1) is 22.7 Å². The van der Waals surface area contributed by atoms with Gasteiger partial charge in [-0.1, -0.05) is 6.92 Å². The molecule has 2 rings (SSSR count). The number of carbonyl (C=O) groups excluding carboxylic acids is 1. The van der Waals surface area contributed by atoms with Crippen LogP contribution in [0.5, 0.6) is 0 Å². The Kier molecular flexibility index (Phi) is 4.06. The van der Waals surface area contributed by atoms with E-state index < -0.39 is 5.54 Å². The van der Waals surface area contributed by atoms with E-state index in [0.717, 1.165) is 27.6 Å². The van der Waals surface area contributed by atoms with Crippen LogP contribution in [-0.2, 0) is 12.0 Å². The van der Waals surface area contributed by atoms with Crippen LogP contribution in [-0.4, -0.2) is 10.9 Å². The number of hydrogen-bond donors (Lipinski definition) is 1. The Hall–Kier alpha value is -1.20. The lowest BCUT2D eigenvalue weighted by Gasteiger charge is -2.23. The van der Waals surface area contributed by atoms with Crippen LogP contribution in [0.25, 0.3) is 0 Å². The van der Waals surface area contributed by atoms with Crippen LogP contribution in [0.4, 0.5) is 0 Å². The first-order valence-corrected chi connectivity index (χ1v) is 8.01. The zero-order valence-corrected chi connectivity index (χ0v) is 13.2. The third-order valence-electron chi connectivity index (χ3n) is 2.91. The van der Waals surface area contributed by atoms with Gasteiger partial charge >= 0.3 is 0 Å². The van der Waals surface area contributed by atoms with Crippen molar-refractivity contribution in [3.05, 3.63) is 38.0 Å². The summed E-state index contributed by atoms with van der Waals surface area (Å²) in [4.78, 5) is 17.6. The molecular weight excluding hydrogens is 276 g/mol. The monoisotopic (exact) mass is 294 g/mol. The average Bonchev–Trinajstić information content (AvgIpc) is 2.96. The Labute approximate surface area is 121 Å². The zero-order valence-electron chi connectivity index (χ0n) is 11.6. The second kappa shape index (κ2) is 5.43. The minimum absolute atomic E-state index is 0.00953. The Bertz CT molecular complexity index is 584. The Morgan fingerprint density at radius 2 is 2.16 bits per heavy atom. The quantitative estimate of drug-likeness (QED) is 0.933. The molecule has 2 heterocycles. The number of hydrogen-bond acceptors (Lipinski definition) is 4. The van der Waals surface area contributed by atoms with Gasteiger partial charge in [0.15, 0.2) is 0 Å². The van der Waals surface area contributed by atoms with Crippen LogP contribution >= 0.6 is 22.7 Å². The molecule has 3 nitrogen and oxygen atoms in total. The van der Waals surface area contributed by atoms with Gasteiger partial charge in [-0.05, 0) is 44.2 Å². The molecule has 0 saturated carbocycles. The number of thiophene rings is 1. The Morgan fingerprint density at radius 3 is 2.74 bits per heavy atom. The van der Waals surface area contributed by atoms with E-state index in [2.05, 4.69) is 17.2 Å². The molecule has 0 spiro atoms. The molecule has 0 unspecified atom stereocenters. The molecule has 0 saturated heterocycles. The molecule has 102 valence electrons. The van der Waals surface area contributed by atoms with Gasteiger partial charge in [0.2, 0.25) is 0 Å². The van der Waals surface area contributed by atoms with Gasteiger partial charge in [0.05, 0.1) is 10.4 Å². The predicted octanol–water partition coefficient (Wildman–Crippen LogP) is 3.74. The maximum absolute atomic E-state index is 12.4. The summed E-state index contributed by atoms with van der Waals surface area (Å²) in [5, 5.41) is 7.99. The first kappa shape index (κ1) is 14.2. The fraction of sp³-hybridized carbons (Fsp3) is 0.429. The molecular formula is C14H18N2OS2. The molecule has 5 heteroatoms. The Balaban J connectivity index is 2.18. The van der Waals surface area contributed by atoms with Crippen LogP contribution in [0, 0.1) is 6.92 Å². The van der Waals surface area contributed by atoms with Crippen molar-refractivity contribution in [1.82, 2.24) is 10.3 Å². The van der Waals surface area contributed by atoms with Crippen molar-refractivity contribution in [3.63, 3.8) is 0 Å². The van der Waals surface area contributed by atoms with E-state index in [0.29, 0.717) is 0 Å². The van der Waals surface area contributed by atoms with Crippen LogP contribution in [0.3, 0.4) is 0 Å². The van der Waals surface area contributed by atoms with Crippen LogP contribution < -0.4 is 5.32 Å². The molecule has 19 heavy (non-hydrogen) atoms. The second-order valence-electron chi connectivity index (χ2n) is 5.00. The highest BCUT2D eigenvalue weighted by molar-refractivity contribution is 7.12. The molecule has 0 aliphatic rings. The summed E-state index contributed by atoms with van der Waals surface area (Å²) in [5.41, 5.74) is 1.66. The molecule has 0 atom stereocenters. The summed E-state index contributed by atoms with van der Waals surface area (Å²) in [6.07, 6.45) is 0.878. The molecule has 0 aliphatic heterocycles. The maximum atomic E-state index is 12.4. The number of aromatic nitrogens is 1. The number of aryl methyl sites for hydroxylation is 2. The standard InChI is InChI=1S/C14H18N2OS2/c1-5-10-6-7-18-11(10)12(17)16-14(3,4)13-15-9(2)8-19-13/h6-8H,5H2,1-4H3,(H,16,17). The highest BCUT2D eigenvalue weighted by Crippen LogP contribution is 2.25. The minimum Gasteiger partial charge on any atom is -0.340 e. The van der Waals surface area contributed by atoms with E-state index in [9.17, 15) is 4.79 Å². The first-order chi connectivity index (χ1) is 8.94. The molecule has 0 fully saturated rings. The van der Waals surface area contributed by atoms with Crippen molar-refractivity contribution in [1.29, 1.82) is 0 Å². The summed E-state index contributed by atoms with van der Waals surface area (Å²) in [5.74, 6) is -0.00953. The van der Waals surface area contributed by atoms with Crippen molar-refractivity contribution < 1.29 is 4.79 Å². The summed E-state index contributed by atoms with van der Waals surface area (Å²) in [7, 11) is 0. The molecule has 0 aliphatic carbocycles. The molecule has 2 aromatic heterocycles. The van der Waals surface area contributed by atoms with E-state index in [1.54, 1.807) is 11.3 Å². The third-order valence-corrected chi connectivity index (χ3v) is 5.15. The predicted molar refractivity (Wildman–Crippen MR) is 81.0 cm³/mol. The van der Waals surface area contributed by atoms with E-state index in [-0.39, 0.29) is 5.91 Å². The molecule has 1 N–H and O–H groups in total. The van der Waals surface area contributed by atoms with Crippen LogP contribution in [0.2, 0.25) is 0 Å².